The number of anilines is 1. The fourth-order valence-electron chi connectivity index (χ4n) is 3.09. The van der Waals surface area contributed by atoms with Crippen molar-refractivity contribution in [1.82, 2.24) is 0 Å². The molecule has 2 nitrogen and oxygen atoms in total. The smallest absolute Gasteiger partial charge is 0.193 e. The Labute approximate surface area is 129 Å². The lowest BCUT2D eigenvalue weighted by atomic mass is 9.98. The normalized spacial score (nSPS) is 11.8. The van der Waals surface area contributed by atoms with Crippen molar-refractivity contribution in [2.24, 2.45) is 0 Å². The molecule has 0 saturated carbocycles. The van der Waals surface area contributed by atoms with Crippen LogP contribution in [0.5, 0.6) is 0 Å². The van der Waals surface area contributed by atoms with Gasteiger partial charge in [0, 0.05) is 16.8 Å². The maximum Gasteiger partial charge on any atom is 0.193 e. The van der Waals surface area contributed by atoms with Gasteiger partial charge in [-0.15, -0.1) is 0 Å². The molecule has 22 heavy (non-hydrogen) atoms. The number of carbonyl (C=O) groups is 1. The molecule has 0 saturated heterocycles. The minimum atomic E-state index is 0.0405. The van der Waals surface area contributed by atoms with Gasteiger partial charge in [-0.1, -0.05) is 36.4 Å². The van der Waals surface area contributed by atoms with E-state index in [9.17, 15) is 4.79 Å². The van der Waals surface area contributed by atoms with Crippen LogP contribution in [-0.4, -0.2) is 5.78 Å². The zero-order valence-electron chi connectivity index (χ0n) is 12.0. The van der Waals surface area contributed by atoms with Gasteiger partial charge >= 0.3 is 0 Å². The first-order valence-corrected chi connectivity index (χ1v) is 7.34. The van der Waals surface area contributed by atoms with Gasteiger partial charge in [-0.2, -0.15) is 0 Å². The summed E-state index contributed by atoms with van der Waals surface area (Å²) in [5.41, 5.74) is 12.8. The number of benzene rings is 3. The van der Waals surface area contributed by atoms with Crippen molar-refractivity contribution in [3.63, 3.8) is 0 Å². The van der Waals surface area contributed by atoms with Gasteiger partial charge in [0.1, 0.15) is 0 Å². The molecule has 0 spiro atoms. The molecule has 4 rings (SSSR count). The van der Waals surface area contributed by atoms with Crippen LogP contribution in [0, 0.1) is 0 Å². The summed E-state index contributed by atoms with van der Waals surface area (Å²) in [6, 6.07) is 21.5. The molecule has 0 heterocycles. The van der Waals surface area contributed by atoms with Crippen molar-refractivity contribution in [2.45, 2.75) is 6.42 Å². The van der Waals surface area contributed by atoms with Gasteiger partial charge in [0.2, 0.25) is 0 Å². The Morgan fingerprint density at radius 3 is 2.27 bits per heavy atom. The molecule has 2 heteroatoms. The molecule has 106 valence electrons. The van der Waals surface area contributed by atoms with Crippen LogP contribution in [0.1, 0.15) is 27.0 Å². The minimum Gasteiger partial charge on any atom is -0.399 e. The first-order valence-electron chi connectivity index (χ1n) is 7.34. The van der Waals surface area contributed by atoms with E-state index in [0.29, 0.717) is 11.3 Å². The van der Waals surface area contributed by atoms with Crippen molar-refractivity contribution < 1.29 is 4.79 Å². The Hall–Kier alpha value is -2.87. The highest BCUT2D eigenvalue weighted by Gasteiger charge is 2.19. The maximum absolute atomic E-state index is 12.6. The highest BCUT2D eigenvalue weighted by molar-refractivity contribution is 6.09. The number of rotatable bonds is 2. The number of hydrogen-bond acceptors (Lipinski definition) is 2. The number of fused-ring (bicyclic) bond motifs is 3. The second kappa shape index (κ2) is 4.85. The lowest BCUT2D eigenvalue weighted by molar-refractivity contribution is 0.103. The SMILES string of the molecule is Nc1ccc(C(=O)c2ccc3c(c2)Cc2ccccc2-3)cc1. The lowest BCUT2D eigenvalue weighted by Crippen LogP contribution is -2.02. The average Bonchev–Trinajstić information content (AvgIpc) is 2.92. The zero-order chi connectivity index (χ0) is 15.1. The summed E-state index contributed by atoms with van der Waals surface area (Å²) in [6.07, 6.45) is 0.897. The number of carbonyl (C=O) groups excluding carboxylic acids is 1. The zero-order valence-corrected chi connectivity index (χ0v) is 12.0. The average molecular weight is 285 g/mol. The van der Waals surface area contributed by atoms with Crippen LogP contribution in [0.4, 0.5) is 5.69 Å². The topological polar surface area (TPSA) is 43.1 Å². The van der Waals surface area contributed by atoms with Crippen molar-refractivity contribution in [1.29, 1.82) is 0 Å². The molecule has 0 amide bonds. The molecule has 0 radical (unpaired) electrons. The number of hydrogen-bond donors (Lipinski definition) is 1. The van der Waals surface area contributed by atoms with Crippen LogP contribution in [0.2, 0.25) is 0 Å². The summed E-state index contributed by atoms with van der Waals surface area (Å²) >= 11 is 0. The first-order chi connectivity index (χ1) is 10.7. The van der Waals surface area contributed by atoms with Crippen molar-refractivity contribution in [3.8, 4) is 11.1 Å². The molecule has 1 aliphatic carbocycles. The lowest BCUT2D eigenvalue weighted by Gasteiger charge is -2.05. The molecule has 0 bridgehead atoms. The summed E-state index contributed by atoms with van der Waals surface area (Å²) in [6.45, 7) is 0. The fourth-order valence-corrected chi connectivity index (χ4v) is 3.09. The summed E-state index contributed by atoms with van der Waals surface area (Å²) in [7, 11) is 0. The van der Waals surface area contributed by atoms with Gasteiger partial charge in [-0.05, 0) is 59.0 Å². The molecular weight excluding hydrogens is 270 g/mol. The van der Waals surface area contributed by atoms with Crippen LogP contribution in [-0.2, 0) is 6.42 Å². The quantitative estimate of drug-likeness (QED) is 0.445. The van der Waals surface area contributed by atoms with E-state index in [1.807, 2.05) is 12.1 Å². The van der Waals surface area contributed by atoms with E-state index in [4.69, 9.17) is 5.73 Å². The molecule has 0 atom stereocenters. The van der Waals surface area contributed by atoms with Crippen LogP contribution in [0.3, 0.4) is 0 Å². The Bertz CT molecular complexity index is 878. The van der Waals surface area contributed by atoms with Crippen molar-refractivity contribution in [3.05, 3.63) is 89.0 Å². The minimum absolute atomic E-state index is 0.0405. The van der Waals surface area contributed by atoms with Crippen LogP contribution in [0.25, 0.3) is 11.1 Å². The van der Waals surface area contributed by atoms with E-state index in [-0.39, 0.29) is 5.78 Å². The number of nitrogen functional groups attached to an aromatic ring is 1. The monoisotopic (exact) mass is 285 g/mol. The van der Waals surface area contributed by atoms with E-state index in [1.54, 1.807) is 24.3 Å². The Morgan fingerprint density at radius 1 is 0.773 bits per heavy atom. The van der Waals surface area contributed by atoms with E-state index in [1.165, 1.54) is 22.3 Å². The largest absolute Gasteiger partial charge is 0.399 e. The van der Waals surface area contributed by atoms with Crippen LogP contribution >= 0.6 is 0 Å². The highest BCUT2D eigenvalue weighted by atomic mass is 16.1. The number of nitrogens with two attached hydrogens (primary N) is 1. The van der Waals surface area contributed by atoms with Gasteiger partial charge in [0.25, 0.3) is 0 Å². The Morgan fingerprint density at radius 2 is 1.45 bits per heavy atom. The second-order valence-corrected chi connectivity index (χ2v) is 5.66. The molecule has 0 aliphatic heterocycles. The second-order valence-electron chi connectivity index (χ2n) is 5.66. The predicted octanol–water partition coefficient (Wildman–Crippen LogP) is 4.07. The van der Waals surface area contributed by atoms with Gasteiger partial charge in [0.15, 0.2) is 5.78 Å². The standard InChI is InChI=1S/C20H15NO/c21-17-8-5-13(6-9-17)20(22)15-7-10-19-16(12-15)11-14-3-1-2-4-18(14)19/h1-10,12H,11,21H2. The molecule has 2 N–H and O–H groups in total. The van der Waals surface area contributed by atoms with E-state index in [2.05, 4.69) is 30.3 Å². The molecule has 3 aromatic rings. The predicted molar refractivity (Wildman–Crippen MR) is 89.0 cm³/mol. The van der Waals surface area contributed by atoms with E-state index >= 15 is 0 Å². The fraction of sp³-hybridized carbons (Fsp3) is 0.0500. The third kappa shape index (κ3) is 2.01. The van der Waals surface area contributed by atoms with Gasteiger partial charge in [-0.3, -0.25) is 4.79 Å². The Balaban J connectivity index is 1.73. The van der Waals surface area contributed by atoms with Crippen LogP contribution < -0.4 is 5.73 Å². The van der Waals surface area contributed by atoms with Gasteiger partial charge in [0.05, 0.1) is 0 Å². The van der Waals surface area contributed by atoms with Gasteiger partial charge in [-0.25, -0.2) is 0 Å². The molecule has 3 aromatic carbocycles. The summed E-state index contributed by atoms with van der Waals surface area (Å²) in [4.78, 5) is 12.6. The van der Waals surface area contributed by atoms with Crippen molar-refractivity contribution in [2.75, 3.05) is 5.73 Å². The number of ketones is 1. The summed E-state index contributed by atoms with van der Waals surface area (Å²) < 4.78 is 0. The Kier molecular flexibility index (Phi) is 2.83. The molecule has 0 aromatic heterocycles. The van der Waals surface area contributed by atoms with Crippen molar-refractivity contribution >= 4 is 11.5 Å². The molecule has 1 aliphatic rings. The highest BCUT2D eigenvalue weighted by Crippen LogP contribution is 2.36. The summed E-state index contributed by atoms with van der Waals surface area (Å²) in [5.74, 6) is 0.0405. The third-order valence-corrected chi connectivity index (χ3v) is 4.23. The molecular formula is C20H15NO. The first kappa shape index (κ1) is 12.8. The molecule has 0 unspecified atom stereocenters. The third-order valence-electron chi connectivity index (χ3n) is 4.23. The van der Waals surface area contributed by atoms with E-state index < -0.39 is 0 Å². The molecule has 0 fully saturated rings. The van der Waals surface area contributed by atoms with Crippen LogP contribution in [0.15, 0.2) is 66.7 Å². The van der Waals surface area contributed by atoms with E-state index in [0.717, 1.165) is 12.0 Å². The maximum atomic E-state index is 12.6. The summed E-state index contributed by atoms with van der Waals surface area (Å²) in [5, 5.41) is 0. The van der Waals surface area contributed by atoms with Gasteiger partial charge < -0.3 is 5.73 Å².